The summed E-state index contributed by atoms with van der Waals surface area (Å²) >= 11 is 6.29. The first-order chi connectivity index (χ1) is 17.5. The molecule has 0 spiro atoms. The number of piperidine rings is 1. The molecule has 196 valence electrons. The van der Waals surface area contributed by atoms with Crippen LogP contribution in [0.4, 0.5) is 4.79 Å². The number of benzene rings is 2. The van der Waals surface area contributed by atoms with Crippen molar-refractivity contribution in [2.45, 2.75) is 65.5 Å². The molecular formula is C29H35ClN4O3. The molecular weight excluding hydrogens is 488 g/mol. The van der Waals surface area contributed by atoms with Crippen molar-refractivity contribution >= 4 is 23.6 Å². The molecule has 1 saturated heterocycles. The Bertz CT molecular complexity index is 1270. The summed E-state index contributed by atoms with van der Waals surface area (Å²) in [4.78, 5) is 27.8. The number of nitrogens with one attached hydrogen (secondary N) is 1. The molecule has 2 aromatic carbocycles. The van der Waals surface area contributed by atoms with E-state index in [-0.39, 0.29) is 17.9 Å². The largest absolute Gasteiger partial charge is 0.444 e. The number of halogens is 1. The monoisotopic (exact) mass is 522 g/mol. The predicted octanol–water partition coefficient (Wildman–Crippen LogP) is 6.19. The molecule has 0 radical (unpaired) electrons. The van der Waals surface area contributed by atoms with Gasteiger partial charge in [-0.3, -0.25) is 4.79 Å². The van der Waals surface area contributed by atoms with Crippen LogP contribution in [0.15, 0.2) is 48.7 Å². The van der Waals surface area contributed by atoms with Crippen LogP contribution in [0, 0.1) is 13.8 Å². The molecule has 8 heteroatoms. The number of likely N-dealkylation sites (tertiary alicyclic amines) is 1. The Morgan fingerprint density at radius 1 is 1.05 bits per heavy atom. The minimum Gasteiger partial charge on any atom is -0.444 e. The number of carbonyl (C=O) groups is 2. The van der Waals surface area contributed by atoms with Crippen LogP contribution in [0.1, 0.15) is 72.3 Å². The molecule has 4 rings (SSSR count). The molecule has 3 aromatic rings. The molecule has 0 atom stereocenters. The van der Waals surface area contributed by atoms with E-state index >= 15 is 0 Å². The van der Waals surface area contributed by atoms with Gasteiger partial charge in [0.25, 0.3) is 5.91 Å². The maximum absolute atomic E-state index is 13.4. The average molecular weight is 523 g/mol. The number of para-hydroxylation sites is 1. The average Bonchev–Trinajstić information content (AvgIpc) is 3.27. The molecule has 0 bridgehead atoms. The summed E-state index contributed by atoms with van der Waals surface area (Å²) in [5.74, 6) is -0.136. The lowest BCUT2D eigenvalue weighted by molar-refractivity contribution is 0.0203. The Kier molecular flexibility index (Phi) is 7.93. The van der Waals surface area contributed by atoms with Gasteiger partial charge in [0.05, 0.1) is 23.1 Å². The van der Waals surface area contributed by atoms with Crippen LogP contribution in [0.3, 0.4) is 0 Å². The lowest BCUT2D eigenvalue weighted by atomic mass is 9.90. The number of rotatable bonds is 5. The van der Waals surface area contributed by atoms with Gasteiger partial charge in [-0.1, -0.05) is 48.0 Å². The Morgan fingerprint density at radius 3 is 2.32 bits per heavy atom. The highest BCUT2D eigenvalue weighted by Crippen LogP contribution is 2.34. The summed E-state index contributed by atoms with van der Waals surface area (Å²) in [5.41, 5.74) is 4.88. The van der Waals surface area contributed by atoms with Crippen molar-refractivity contribution in [3.8, 4) is 5.69 Å². The van der Waals surface area contributed by atoms with Crippen LogP contribution in [-0.4, -0.2) is 45.4 Å². The third-order valence-corrected chi connectivity index (χ3v) is 7.00. The van der Waals surface area contributed by atoms with Crippen LogP contribution in [0.2, 0.25) is 5.02 Å². The van der Waals surface area contributed by atoms with E-state index in [1.54, 1.807) is 11.1 Å². The van der Waals surface area contributed by atoms with Gasteiger partial charge in [0, 0.05) is 30.6 Å². The minimum atomic E-state index is -0.540. The van der Waals surface area contributed by atoms with Crippen molar-refractivity contribution in [3.05, 3.63) is 81.6 Å². The fraction of sp³-hybridized carbons (Fsp3) is 0.414. The molecule has 0 saturated carbocycles. The Labute approximate surface area is 223 Å². The number of carbonyl (C=O) groups excluding carboxylic acids is 2. The van der Waals surface area contributed by atoms with E-state index in [2.05, 4.69) is 31.3 Å². The quantitative estimate of drug-likeness (QED) is 0.433. The molecule has 1 aliphatic heterocycles. The Hall–Kier alpha value is -3.32. The summed E-state index contributed by atoms with van der Waals surface area (Å²) in [6.45, 7) is 11.1. The maximum Gasteiger partial charge on any atom is 0.410 e. The molecule has 1 N–H and O–H groups in total. The number of ether oxygens (including phenoxy) is 1. The van der Waals surface area contributed by atoms with E-state index in [1.165, 1.54) is 0 Å². The van der Waals surface area contributed by atoms with E-state index in [9.17, 15) is 9.59 Å². The van der Waals surface area contributed by atoms with Gasteiger partial charge >= 0.3 is 6.09 Å². The van der Waals surface area contributed by atoms with Crippen molar-refractivity contribution in [2.75, 3.05) is 13.1 Å². The number of hydrogen-bond donors (Lipinski definition) is 1. The van der Waals surface area contributed by atoms with Gasteiger partial charge < -0.3 is 15.0 Å². The van der Waals surface area contributed by atoms with Crippen LogP contribution in [-0.2, 0) is 11.3 Å². The highest BCUT2D eigenvalue weighted by atomic mass is 35.5. The highest BCUT2D eigenvalue weighted by molar-refractivity contribution is 6.31. The van der Waals surface area contributed by atoms with Gasteiger partial charge in [0.2, 0.25) is 0 Å². The normalized spacial score (nSPS) is 14.5. The van der Waals surface area contributed by atoms with E-state index < -0.39 is 5.60 Å². The Balaban J connectivity index is 1.62. The van der Waals surface area contributed by atoms with Crippen LogP contribution in [0.5, 0.6) is 0 Å². The first-order valence-electron chi connectivity index (χ1n) is 12.7. The van der Waals surface area contributed by atoms with Crippen molar-refractivity contribution in [1.29, 1.82) is 0 Å². The second-order valence-electron chi connectivity index (χ2n) is 10.6. The van der Waals surface area contributed by atoms with Crippen LogP contribution in [0.25, 0.3) is 5.69 Å². The van der Waals surface area contributed by atoms with Gasteiger partial charge in [-0.2, -0.15) is 5.10 Å². The lowest BCUT2D eigenvalue weighted by Crippen LogP contribution is -2.41. The molecule has 2 amide bonds. The summed E-state index contributed by atoms with van der Waals surface area (Å²) in [6, 6.07) is 13.6. The fourth-order valence-electron chi connectivity index (χ4n) is 4.82. The molecule has 2 heterocycles. The lowest BCUT2D eigenvalue weighted by Gasteiger charge is -2.34. The summed E-state index contributed by atoms with van der Waals surface area (Å²) in [5, 5.41) is 8.34. The second kappa shape index (κ2) is 11.0. The van der Waals surface area contributed by atoms with Crippen molar-refractivity contribution in [2.24, 2.45) is 0 Å². The Morgan fingerprint density at radius 2 is 1.70 bits per heavy atom. The zero-order valence-corrected chi connectivity index (χ0v) is 22.9. The predicted molar refractivity (Wildman–Crippen MR) is 145 cm³/mol. The number of aromatic nitrogens is 2. The van der Waals surface area contributed by atoms with Gasteiger partial charge in [-0.25, -0.2) is 9.48 Å². The second-order valence-corrected chi connectivity index (χ2v) is 11.0. The molecule has 1 fully saturated rings. The van der Waals surface area contributed by atoms with Crippen LogP contribution < -0.4 is 5.32 Å². The first-order valence-corrected chi connectivity index (χ1v) is 13.1. The standard InChI is InChI=1S/C29H35ClN4O3/c1-19-9-8-10-20(2)25(19)34-26(21-13-15-33(16-14-21)28(36)37-29(3,4)5)23(18-32-34)27(35)31-17-22-11-6-7-12-24(22)30/h6-12,18,21H,13-17H2,1-5H3,(H,31,35). The molecule has 0 unspecified atom stereocenters. The number of amides is 2. The van der Waals surface area contributed by atoms with Gasteiger partial charge in [-0.05, 0) is 70.2 Å². The maximum atomic E-state index is 13.4. The van der Waals surface area contributed by atoms with E-state index in [0.717, 1.165) is 28.1 Å². The fourth-order valence-corrected chi connectivity index (χ4v) is 5.02. The number of aryl methyl sites for hydroxylation is 2. The number of nitrogens with zero attached hydrogens (tertiary/aromatic N) is 3. The third-order valence-electron chi connectivity index (χ3n) is 6.63. The first kappa shape index (κ1) is 26.7. The zero-order valence-electron chi connectivity index (χ0n) is 22.2. The van der Waals surface area contributed by atoms with Gasteiger partial charge in [0.1, 0.15) is 5.60 Å². The zero-order chi connectivity index (χ0) is 26.7. The smallest absolute Gasteiger partial charge is 0.410 e. The van der Waals surface area contributed by atoms with Gasteiger partial charge in [-0.15, -0.1) is 0 Å². The molecule has 0 aliphatic carbocycles. The van der Waals surface area contributed by atoms with Crippen molar-refractivity contribution in [1.82, 2.24) is 20.0 Å². The minimum absolute atomic E-state index is 0.0567. The van der Waals surface area contributed by atoms with E-state index in [0.29, 0.717) is 43.1 Å². The van der Waals surface area contributed by atoms with E-state index in [1.807, 2.05) is 55.8 Å². The molecule has 1 aliphatic rings. The summed E-state index contributed by atoms with van der Waals surface area (Å²) in [6.07, 6.45) is 2.77. The summed E-state index contributed by atoms with van der Waals surface area (Å²) in [7, 11) is 0. The summed E-state index contributed by atoms with van der Waals surface area (Å²) < 4.78 is 7.49. The van der Waals surface area contributed by atoms with E-state index in [4.69, 9.17) is 21.4 Å². The van der Waals surface area contributed by atoms with Gasteiger partial charge in [0.15, 0.2) is 0 Å². The molecule has 7 nitrogen and oxygen atoms in total. The third kappa shape index (κ3) is 6.16. The molecule has 1 aromatic heterocycles. The number of hydrogen-bond acceptors (Lipinski definition) is 4. The van der Waals surface area contributed by atoms with Crippen molar-refractivity contribution < 1.29 is 14.3 Å². The molecule has 37 heavy (non-hydrogen) atoms. The highest BCUT2D eigenvalue weighted by Gasteiger charge is 2.32. The SMILES string of the molecule is Cc1cccc(C)c1-n1ncc(C(=O)NCc2ccccc2Cl)c1C1CCN(C(=O)OC(C)(C)C)CC1. The topological polar surface area (TPSA) is 76.5 Å². The van der Waals surface area contributed by atoms with Crippen LogP contribution >= 0.6 is 11.6 Å². The van der Waals surface area contributed by atoms with Crippen molar-refractivity contribution in [3.63, 3.8) is 0 Å².